The molecule has 0 radical (unpaired) electrons. The van der Waals surface area contributed by atoms with E-state index in [0.29, 0.717) is 11.0 Å². The third-order valence-electron chi connectivity index (χ3n) is 5.48. The van der Waals surface area contributed by atoms with Crippen LogP contribution < -0.4 is 5.32 Å². The Labute approximate surface area is 198 Å². The number of thioether (sulfide) groups is 1. The summed E-state index contributed by atoms with van der Waals surface area (Å²) in [4.78, 5) is 13.0. The molecule has 1 atom stereocenters. The van der Waals surface area contributed by atoms with Crippen molar-refractivity contribution in [2.24, 2.45) is 0 Å². The lowest BCUT2D eigenvalue weighted by Crippen LogP contribution is -2.25. The van der Waals surface area contributed by atoms with Gasteiger partial charge in [-0.15, -0.1) is 10.2 Å². The first kappa shape index (κ1) is 22.8. The van der Waals surface area contributed by atoms with E-state index in [1.807, 2.05) is 55.7 Å². The zero-order valence-corrected chi connectivity index (χ0v) is 20.3. The zero-order valence-electron chi connectivity index (χ0n) is 19.5. The topological polar surface area (TPSA) is 77.6 Å². The number of anilines is 1. The number of benzene rings is 2. The maximum absolute atomic E-state index is 13.0. The second kappa shape index (κ2) is 9.62. The van der Waals surface area contributed by atoms with Crippen LogP contribution in [0.15, 0.2) is 66.0 Å². The molecule has 33 heavy (non-hydrogen) atoms. The quantitative estimate of drug-likeness (QED) is 0.371. The van der Waals surface area contributed by atoms with Crippen molar-refractivity contribution in [1.82, 2.24) is 24.5 Å². The molecule has 0 spiro atoms. The number of nitrogens with zero attached hydrogens (tertiary/aromatic N) is 5. The number of aromatic nitrogens is 5. The number of hydrogen-bond donors (Lipinski definition) is 1. The summed E-state index contributed by atoms with van der Waals surface area (Å²) in [7, 11) is 0. The van der Waals surface area contributed by atoms with Crippen molar-refractivity contribution in [2.45, 2.75) is 51.1 Å². The first-order valence-corrected chi connectivity index (χ1v) is 11.8. The van der Waals surface area contributed by atoms with Gasteiger partial charge in [0.2, 0.25) is 5.91 Å². The molecular formula is C25H28N6OS. The summed E-state index contributed by atoms with van der Waals surface area (Å²) in [5.41, 5.74) is 4.34. The number of carbonyl (C=O) groups excluding carboxylic acids is 1. The van der Waals surface area contributed by atoms with Gasteiger partial charge in [0.25, 0.3) is 0 Å². The predicted molar refractivity (Wildman–Crippen MR) is 133 cm³/mol. The molecule has 0 aliphatic carbocycles. The Bertz CT molecular complexity index is 1260. The summed E-state index contributed by atoms with van der Waals surface area (Å²) in [6, 6.07) is 18.2. The molecule has 8 heteroatoms. The van der Waals surface area contributed by atoms with Crippen molar-refractivity contribution >= 4 is 23.5 Å². The van der Waals surface area contributed by atoms with Crippen molar-refractivity contribution in [2.75, 3.05) is 5.32 Å². The fourth-order valence-electron chi connectivity index (χ4n) is 3.48. The molecule has 1 N–H and O–H groups in total. The van der Waals surface area contributed by atoms with Gasteiger partial charge in [0, 0.05) is 17.7 Å². The second-order valence-electron chi connectivity index (χ2n) is 8.28. The average molecular weight is 461 g/mol. The SMILES string of the molecule is Cc1ccc(-n2c(SC(C)C(=O)Nc3ccnn3C(C)C)nnc2-c2ccccc2)cc1C. The monoisotopic (exact) mass is 460 g/mol. The summed E-state index contributed by atoms with van der Waals surface area (Å²) >= 11 is 1.38. The van der Waals surface area contributed by atoms with Gasteiger partial charge in [-0.25, -0.2) is 4.68 Å². The fourth-order valence-corrected chi connectivity index (χ4v) is 4.35. The van der Waals surface area contributed by atoms with E-state index in [9.17, 15) is 4.79 Å². The molecule has 2 heterocycles. The smallest absolute Gasteiger partial charge is 0.238 e. The minimum atomic E-state index is -0.390. The van der Waals surface area contributed by atoms with E-state index in [-0.39, 0.29) is 11.9 Å². The summed E-state index contributed by atoms with van der Waals surface area (Å²) in [6.45, 7) is 10.1. The lowest BCUT2D eigenvalue weighted by Gasteiger charge is -2.16. The van der Waals surface area contributed by atoms with Crippen molar-refractivity contribution in [3.8, 4) is 17.1 Å². The minimum Gasteiger partial charge on any atom is -0.310 e. The van der Waals surface area contributed by atoms with Gasteiger partial charge >= 0.3 is 0 Å². The molecule has 0 saturated heterocycles. The van der Waals surface area contributed by atoms with E-state index >= 15 is 0 Å². The third kappa shape index (κ3) is 4.85. The highest BCUT2D eigenvalue weighted by Crippen LogP contribution is 2.31. The van der Waals surface area contributed by atoms with Crippen LogP contribution in [0.4, 0.5) is 5.82 Å². The zero-order chi connectivity index (χ0) is 23.5. The first-order valence-electron chi connectivity index (χ1n) is 10.9. The van der Waals surface area contributed by atoms with E-state index in [1.54, 1.807) is 16.9 Å². The Morgan fingerprint density at radius 3 is 2.42 bits per heavy atom. The largest absolute Gasteiger partial charge is 0.310 e. The van der Waals surface area contributed by atoms with E-state index in [1.165, 1.54) is 22.9 Å². The van der Waals surface area contributed by atoms with E-state index in [0.717, 1.165) is 17.1 Å². The minimum absolute atomic E-state index is 0.113. The normalized spacial score (nSPS) is 12.2. The van der Waals surface area contributed by atoms with Crippen LogP contribution in [0.1, 0.15) is 37.9 Å². The summed E-state index contributed by atoms with van der Waals surface area (Å²) in [5, 5.41) is 16.5. The molecule has 2 aromatic carbocycles. The third-order valence-corrected chi connectivity index (χ3v) is 6.52. The van der Waals surface area contributed by atoms with Crippen molar-refractivity contribution in [3.05, 3.63) is 71.9 Å². The molecule has 1 unspecified atom stereocenters. The van der Waals surface area contributed by atoms with Crippen LogP contribution in [0.25, 0.3) is 17.1 Å². The van der Waals surface area contributed by atoms with Crippen molar-refractivity contribution in [3.63, 3.8) is 0 Å². The maximum Gasteiger partial charge on any atom is 0.238 e. The molecule has 2 aromatic heterocycles. The molecule has 0 saturated carbocycles. The summed E-state index contributed by atoms with van der Waals surface area (Å²) in [6.07, 6.45) is 1.69. The molecule has 4 aromatic rings. The van der Waals surface area contributed by atoms with Crippen LogP contribution in [0.5, 0.6) is 0 Å². The maximum atomic E-state index is 13.0. The van der Waals surface area contributed by atoms with Crippen LogP contribution >= 0.6 is 11.8 Å². The number of rotatable bonds is 7. The predicted octanol–water partition coefficient (Wildman–Crippen LogP) is 5.45. The molecule has 0 bridgehead atoms. The van der Waals surface area contributed by atoms with Gasteiger partial charge < -0.3 is 5.32 Å². The van der Waals surface area contributed by atoms with Gasteiger partial charge in [0.05, 0.1) is 17.1 Å². The Morgan fingerprint density at radius 2 is 1.73 bits per heavy atom. The summed E-state index contributed by atoms with van der Waals surface area (Å²) < 4.78 is 3.81. The van der Waals surface area contributed by atoms with Gasteiger partial charge in [-0.1, -0.05) is 48.2 Å². The van der Waals surface area contributed by atoms with Gasteiger partial charge in [-0.2, -0.15) is 5.10 Å². The average Bonchev–Trinajstić information content (AvgIpc) is 3.43. The Morgan fingerprint density at radius 1 is 0.970 bits per heavy atom. The van der Waals surface area contributed by atoms with Gasteiger partial charge in [-0.05, 0) is 57.9 Å². The fraction of sp³-hybridized carbons (Fsp3) is 0.280. The number of hydrogen-bond acceptors (Lipinski definition) is 5. The lowest BCUT2D eigenvalue weighted by atomic mass is 10.1. The van der Waals surface area contributed by atoms with Crippen LogP contribution in [-0.2, 0) is 4.79 Å². The van der Waals surface area contributed by atoms with Gasteiger partial charge in [-0.3, -0.25) is 9.36 Å². The molecule has 0 aliphatic heterocycles. The van der Waals surface area contributed by atoms with Crippen LogP contribution in [0.2, 0.25) is 0 Å². The van der Waals surface area contributed by atoms with Gasteiger partial charge in [0.1, 0.15) is 5.82 Å². The Hall–Kier alpha value is -3.39. The number of aryl methyl sites for hydroxylation is 2. The molecule has 170 valence electrons. The molecule has 0 fully saturated rings. The summed E-state index contributed by atoms with van der Waals surface area (Å²) in [5.74, 6) is 1.31. The lowest BCUT2D eigenvalue weighted by molar-refractivity contribution is -0.115. The Kier molecular flexibility index (Phi) is 6.65. The number of carbonyl (C=O) groups is 1. The first-order chi connectivity index (χ1) is 15.8. The Balaban J connectivity index is 1.66. The standard InChI is InChI=1S/C25H28N6OS/c1-16(2)31-22(13-14-26-31)27-24(32)19(5)33-25-29-28-23(20-9-7-6-8-10-20)30(25)21-12-11-17(3)18(4)15-21/h6-16,19H,1-5H3,(H,27,32). The van der Waals surface area contributed by atoms with E-state index in [4.69, 9.17) is 0 Å². The number of amides is 1. The van der Waals surface area contributed by atoms with Crippen molar-refractivity contribution in [1.29, 1.82) is 0 Å². The van der Waals surface area contributed by atoms with Gasteiger partial charge in [0.15, 0.2) is 11.0 Å². The number of nitrogens with one attached hydrogen (secondary N) is 1. The van der Waals surface area contributed by atoms with Crippen LogP contribution in [-0.4, -0.2) is 35.7 Å². The van der Waals surface area contributed by atoms with E-state index in [2.05, 4.69) is 52.7 Å². The highest BCUT2D eigenvalue weighted by atomic mass is 32.2. The van der Waals surface area contributed by atoms with Crippen LogP contribution in [0.3, 0.4) is 0 Å². The van der Waals surface area contributed by atoms with Crippen LogP contribution in [0, 0.1) is 13.8 Å². The second-order valence-corrected chi connectivity index (χ2v) is 9.59. The molecule has 4 rings (SSSR count). The molecule has 1 amide bonds. The van der Waals surface area contributed by atoms with Crippen molar-refractivity contribution < 1.29 is 4.79 Å². The molecule has 7 nitrogen and oxygen atoms in total. The highest BCUT2D eigenvalue weighted by Gasteiger charge is 2.23. The highest BCUT2D eigenvalue weighted by molar-refractivity contribution is 8.00. The molecular weight excluding hydrogens is 432 g/mol. The molecule has 0 aliphatic rings. The van der Waals surface area contributed by atoms with E-state index < -0.39 is 5.25 Å².